The van der Waals surface area contributed by atoms with E-state index in [0.29, 0.717) is 12.5 Å². The molecule has 23 heavy (non-hydrogen) atoms. The van der Waals surface area contributed by atoms with Crippen LogP contribution in [0.2, 0.25) is 0 Å². The van der Waals surface area contributed by atoms with Gasteiger partial charge in [0.2, 0.25) is 5.91 Å². The minimum atomic E-state index is 0. The lowest BCUT2D eigenvalue weighted by Gasteiger charge is -2.09. The van der Waals surface area contributed by atoms with Crippen LogP contribution in [0.5, 0.6) is 0 Å². The van der Waals surface area contributed by atoms with Crippen LogP contribution in [0.15, 0.2) is 24.4 Å². The van der Waals surface area contributed by atoms with Crippen LogP contribution in [0.25, 0.3) is 10.9 Å². The Morgan fingerprint density at radius 2 is 2.00 bits per heavy atom. The fourth-order valence-corrected chi connectivity index (χ4v) is 2.53. The summed E-state index contributed by atoms with van der Waals surface area (Å²) in [7, 11) is 0. The van der Waals surface area contributed by atoms with Crippen molar-refractivity contribution in [1.82, 2.24) is 9.78 Å². The van der Waals surface area contributed by atoms with Gasteiger partial charge in [0.1, 0.15) is 0 Å². The zero-order chi connectivity index (χ0) is 15.9. The van der Waals surface area contributed by atoms with Gasteiger partial charge >= 0.3 is 0 Å². The molecule has 0 bridgehead atoms. The minimum absolute atomic E-state index is 0. The van der Waals surface area contributed by atoms with Crippen LogP contribution in [0.3, 0.4) is 0 Å². The Bertz CT molecular complexity index is 624. The van der Waals surface area contributed by atoms with Crippen molar-refractivity contribution in [2.45, 2.75) is 52.0 Å². The van der Waals surface area contributed by atoms with Gasteiger partial charge in [-0.3, -0.25) is 9.48 Å². The fraction of sp³-hybridized carbons (Fsp3) is 0.529. The molecule has 1 heterocycles. The van der Waals surface area contributed by atoms with E-state index in [-0.39, 0.29) is 18.3 Å². The lowest BCUT2D eigenvalue weighted by atomic mass is 10.1. The molecule has 3 N–H and O–H groups in total. The highest BCUT2D eigenvalue weighted by molar-refractivity contribution is 5.93. The first kappa shape index (κ1) is 19.5. The van der Waals surface area contributed by atoms with E-state index in [2.05, 4.69) is 24.3 Å². The van der Waals surface area contributed by atoms with Gasteiger partial charge in [-0.2, -0.15) is 5.10 Å². The highest BCUT2D eigenvalue weighted by atomic mass is 35.5. The van der Waals surface area contributed by atoms with Crippen molar-refractivity contribution in [3.8, 4) is 0 Å². The van der Waals surface area contributed by atoms with Crippen molar-refractivity contribution >= 4 is 34.9 Å². The summed E-state index contributed by atoms with van der Waals surface area (Å²) in [6.07, 6.45) is 6.53. The highest BCUT2D eigenvalue weighted by Gasteiger charge is 2.08. The first-order chi connectivity index (χ1) is 10.6. The Balaban J connectivity index is 0.00000264. The lowest BCUT2D eigenvalue weighted by molar-refractivity contribution is -0.116. The van der Waals surface area contributed by atoms with Gasteiger partial charge in [-0.05, 0) is 51.4 Å². The van der Waals surface area contributed by atoms with Crippen LogP contribution in [0.4, 0.5) is 5.69 Å². The quantitative estimate of drug-likeness (QED) is 0.717. The Morgan fingerprint density at radius 3 is 2.70 bits per heavy atom. The number of carbonyl (C=O) groups excluding carboxylic acids is 1. The maximum absolute atomic E-state index is 12.0. The molecule has 0 fully saturated rings. The predicted molar refractivity (Wildman–Crippen MR) is 98.1 cm³/mol. The molecule has 0 radical (unpaired) electrons. The van der Waals surface area contributed by atoms with Crippen LogP contribution < -0.4 is 11.1 Å². The number of nitrogens with two attached hydrogens (primary N) is 1. The van der Waals surface area contributed by atoms with Crippen molar-refractivity contribution in [3.63, 3.8) is 0 Å². The summed E-state index contributed by atoms with van der Waals surface area (Å²) >= 11 is 0. The Hall–Kier alpha value is -1.59. The second-order valence-electron chi connectivity index (χ2n) is 5.96. The second kappa shape index (κ2) is 9.53. The van der Waals surface area contributed by atoms with Gasteiger partial charge in [0, 0.05) is 23.5 Å². The predicted octanol–water partition coefficient (Wildman–Crippen LogP) is 3.89. The van der Waals surface area contributed by atoms with Gasteiger partial charge < -0.3 is 11.1 Å². The van der Waals surface area contributed by atoms with E-state index >= 15 is 0 Å². The molecule has 128 valence electrons. The van der Waals surface area contributed by atoms with Gasteiger partial charge in [0.05, 0.1) is 11.7 Å². The van der Waals surface area contributed by atoms with Crippen LogP contribution in [-0.4, -0.2) is 22.2 Å². The number of hydrogen-bond donors (Lipinski definition) is 2. The first-order valence-corrected chi connectivity index (χ1v) is 8.09. The number of halogens is 1. The molecule has 2 rings (SSSR count). The number of nitrogens with one attached hydrogen (secondary N) is 1. The summed E-state index contributed by atoms with van der Waals surface area (Å²) in [6.45, 7) is 4.92. The molecule has 0 spiro atoms. The van der Waals surface area contributed by atoms with E-state index in [9.17, 15) is 4.79 Å². The fourth-order valence-electron chi connectivity index (χ4n) is 2.53. The third-order valence-electron chi connectivity index (χ3n) is 3.73. The standard InChI is InChI=1S/C17H26N4O.ClH/c1-13(2)21-16-11-15(9-8-14(16)12-19-21)20-17(22)7-5-3-4-6-10-18;/h8-9,11-13H,3-7,10,18H2,1-2H3,(H,20,22);1H. The molecule has 0 unspecified atom stereocenters. The Morgan fingerprint density at radius 1 is 1.26 bits per heavy atom. The van der Waals surface area contributed by atoms with Crippen molar-refractivity contribution in [1.29, 1.82) is 0 Å². The van der Waals surface area contributed by atoms with Gasteiger partial charge in [-0.25, -0.2) is 0 Å². The summed E-state index contributed by atoms with van der Waals surface area (Å²) in [5.41, 5.74) is 7.34. The summed E-state index contributed by atoms with van der Waals surface area (Å²) in [4.78, 5) is 12.0. The Labute approximate surface area is 144 Å². The smallest absolute Gasteiger partial charge is 0.224 e. The van der Waals surface area contributed by atoms with Crippen molar-refractivity contribution in [3.05, 3.63) is 24.4 Å². The normalized spacial score (nSPS) is 10.8. The molecule has 0 aliphatic heterocycles. The molecule has 1 aromatic carbocycles. The van der Waals surface area contributed by atoms with Crippen molar-refractivity contribution < 1.29 is 4.79 Å². The molecule has 0 aliphatic rings. The molecule has 2 aromatic rings. The molecule has 0 saturated heterocycles. The van der Waals surface area contributed by atoms with E-state index in [0.717, 1.165) is 48.8 Å². The maximum atomic E-state index is 12.0. The zero-order valence-corrected chi connectivity index (χ0v) is 14.7. The molecule has 5 nitrogen and oxygen atoms in total. The number of unbranched alkanes of at least 4 members (excludes halogenated alkanes) is 3. The van der Waals surface area contributed by atoms with E-state index in [1.807, 2.05) is 29.1 Å². The van der Waals surface area contributed by atoms with E-state index < -0.39 is 0 Å². The molecule has 1 aromatic heterocycles. The third-order valence-corrected chi connectivity index (χ3v) is 3.73. The van der Waals surface area contributed by atoms with Gasteiger partial charge in [0.25, 0.3) is 0 Å². The molecule has 0 aliphatic carbocycles. The number of anilines is 1. The molecular formula is C17H27ClN4O. The zero-order valence-electron chi connectivity index (χ0n) is 13.9. The van der Waals surface area contributed by atoms with E-state index in [1.54, 1.807) is 0 Å². The van der Waals surface area contributed by atoms with Crippen LogP contribution in [0, 0.1) is 0 Å². The van der Waals surface area contributed by atoms with Crippen LogP contribution in [0.1, 0.15) is 52.0 Å². The van der Waals surface area contributed by atoms with E-state index in [1.165, 1.54) is 0 Å². The van der Waals surface area contributed by atoms with Gasteiger partial charge in [-0.15, -0.1) is 12.4 Å². The number of nitrogens with zero attached hydrogens (tertiary/aromatic N) is 2. The van der Waals surface area contributed by atoms with Gasteiger partial charge in [0.15, 0.2) is 0 Å². The van der Waals surface area contributed by atoms with E-state index in [4.69, 9.17) is 5.73 Å². The first-order valence-electron chi connectivity index (χ1n) is 8.09. The minimum Gasteiger partial charge on any atom is -0.330 e. The molecule has 0 saturated carbocycles. The Kier molecular flexibility index (Phi) is 8.06. The summed E-state index contributed by atoms with van der Waals surface area (Å²) < 4.78 is 1.97. The summed E-state index contributed by atoms with van der Waals surface area (Å²) in [6, 6.07) is 6.22. The number of carbonyl (C=O) groups is 1. The van der Waals surface area contributed by atoms with Crippen LogP contribution in [-0.2, 0) is 4.79 Å². The average molecular weight is 339 g/mol. The number of hydrogen-bond acceptors (Lipinski definition) is 3. The number of benzene rings is 1. The summed E-state index contributed by atoms with van der Waals surface area (Å²) in [5.74, 6) is 0.0720. The topological polar surface area (TPSA) is 72.9 Å². The molecule has 1 amide bonds. The number of rotatable bonds is 8. The number of fused-ring (bicyclic) bond motifs is 1. The average Bonchev–Trinajstić information content (AvgIpc) is 2.90. The monoisotopic (exact) mass is 338 g/mol. The lowest BCUT2D eigenvalue weighted by Crippen LogP contribution is -2.11. The molecule has 6 heteroatoms. The molecular weight excluding hydrogens is 312 g/mol. The summed E-state index contributed by atoms with van der Waals surface area (Å²) in [5, 5.41) is 8.45. The van der Waals surface area contributed by atoms with Gasteiger partial charge in [-0.1, -0.05) is 12.8 Å². The van der Waals surface area contributed by atoms with Crippen LogP contribution >= 0.6 is 12.4 Å². The maximum Gasteiger partial charge on any atom is 0.224 e. The van der Waals surface area contributed by atoms with Crippen molar-refractivity contribution in [2.75, 3.05) is 11.9 Å². The highest BCUT2D eigenvalue weighted by Crippen LogP contribution is 2.22. The number of amides is 1. The largest absolute Gasteiger partial charge is 0.330 e. The SMILES string of the molecule is CC(C)n1ncc2ccc(NC(=O)CCCCCCN)cc21.Cl. The second-order valence-corrected chi connectivity index (χ2v) is 5.96. The number of aromatic nitrogens is 2. The molecule has 0 atom stereocenters. The third kappa shape index (κ3) is 5.52. The van der Waals surface area contributed by atoms with Crippen molar-refractivity contribution in [2.24, 2.45) is 5.73 Å².